The number of halogens is 1. The summed E-state index contributed by atoms with van der Waals surface area (Å²) in [4.78, 5) is 25.4. The van der Waals surface area contributed by atoms with E-state index < -0.39 is 0 Å². The van der Waals surface area contributed by atoms with Crippen molar-refractivity contribution in [3.63, 3.8) is 0 Å². The highest BCUT2D eigenvalue weighted by Crippen LogP contribution is 2.28. The number of nitrogens with zero attached hydrogens (tertiary/aromatic N) is 4. The van der Waals surface area contributed by atoms with Crippen molar-refractivity contribution in [2.75, 3.05) is 18.0 Å². The Hall–Kier alpha value is -2.50. The average molecular weight is 342 g/mol. The molecule has 0 saturated carbocycles. The summed E-state index contributed by atoms with van der Waals surface area (Å²) in [5.41, 5.74) is 1.16. The van der Waals surface area contributed by atoms with E-state index in [-0.39, 0.29) is 29.8 Å². The summed E-state index contributed by atoms with van der Waals surface area (Å²) in [6, 6.07) is 6.31. The largest absolute Gasteiger partial charge is 0.344 e. The zero-order valence-corrected chi connectivity index (χ0v) is 15.0. The highest BCUT2D eigenvalue weighted by Gasteiger charge is 2.40. The first-order valence-corrected chi connectivity index (χ1v) is 8.43. The minimum absolute atomic E-state index is 0.0836. The van der Waals surface area contributed by atoms with E-state index in [1.165, 1.54) is 12.1 Å². The molecule has 0 unspecified atom stereocenters. The maximum atomic E-state index is 13.1. The topological polar surface area (TPSA) is 49.3 Å². The summed E-state index contributed by atoms with van der Waals surface area (Å²) < 4.78 is 13.1. The monoisotopic (exact) mass is 342 g/mol. The predicted molar refractivity (Wildman–Crippen MR) is 95.7 cm³/mol. The van der Waals surface area contributed by atoms with Crippen LogP contribution in [0.5, 0.6) is 0 Å². The molecule has 1 aliphatic rings. The molecule has 1 fully saturated rings. The molecule has 1 aliphatic heterocycles. The van der Waals surface area contributed by atoms with Crippen molar-refractivity contribution in [3.05, 3.63) is 42.5 Å². The SMILES string of the molecule is CC(C)N1C(=O)CN(c2cncc(-c3ccc(F)cc3)n2)CC1(C)C. The van der Waals surface area contributed by atoms with E-state index in [0.717, 1.165) is 5.56 Å². The summed E-state index contributed by atoms with van der Waals surface area (Å²) in [5, 5.41) is 0. The van der Waals surface area contributed by atoms with Crippen LogP contribution in [0, 0.1) is 5.82 Å². The molecule has 3 rings (SSSR count). The van der Waals surface area contributed by atoms with Gasteiger partial charge in [0.05, 0.1) is 30.2 Å². The lowest BCUT2D eigenvalue weighted by molar-refractivity contribution is -0.139. The van der Waals surface area contributed by atoms with Gasteiger partial charge in [-0.1, -0.05) is 0 Å². The molecule has 132 valence electrons. The summed E-state index contributed by atoms with van der Waals surface area (Å²) in [7, 11) is 0. The van der Waals surface area contributed by atoms with Crippen molar-refractivity contribution in [1.82, 2.24) is 14.9 Å². The first-order chi connectivity index (χ1) is 11.8. The van der Waals surface area contributed by atoms with E-state index in [0.29, 0.717) is 18.1 Å². The maximum Gasteiger partial charge on any atom is 0.242 e. The summed E-state index contributed by atoms with van der Waals surface area (Å²) >= 11 is 0. The van der Waals surface area contributed by atoms with Crippen LogP contribution in [0.25, 0.3) is 11.3 Å². The number of rotatable bonds is 3. The molecule has 0 N–H and O–H groups in total. The molecule has 1 aromatic heterocycles. The minimum Gasteiger partial charge on any atom is -0.344 e. The molecule has 1 saturated heterocycles. The van der Waals surface area contributed by atoms with Crippen LogP contribution in [0.15, 0.2) is 36.7 Å². The van der Waals surface area contributed by atoms with Crippen LogP contribution < -0.4 is 4.90 Å². The molecular formula is C19H23FN4O. The molecule has 2 heterocycles. The van der Waals surface area contributed by atoms with E-state index >= 15 is 0 Å². The normalized spacial score (nSPS) is 17.3. The maximum absolute atomic E-state index is 13.1. The number of aromatic nitrogens is 2. The van der Waals surface area contributed by atoms with Gasteiger partial charge in [0.1, 0.15) is 11.6 Å². The summed E-state index contributed by atoms with van der Waals surface area (Å²) in [6.07, 6.45) is 3.31. The van der Waals surface area contributed by atoms with Crippen molar-refractivity contribution in [2.45, 2.75) is 39.3 Å². The van der Waals surface area contributed by atoms with Crippen LogP contribution >= 0.6 is 0 Å². The standard InChI is InChI=1S/C19H23FN4O/c1-13(2)24-18(25)11-23(12-19(24,3)4)17-10-21-9-16(22-17)14-5-7-15(20)8-6-14/h5-10,13H,11-12H2,1-4H3. The number of amides is 1. The van der Waals surface area contributed by atoms with E-state index in [9.17, 15) is 9.18 Å². The number of benzene rings is 1. The van der Waals surface area contributed by atoms with E-state index in [1.54, 1.807) is 24.5 Å². The molecule has 1 aromatic carbocycles. The molecule has 1 amide bonds. The number of carbonyl (C=O) groups excluding carboxylic acids is 1. The Morgan fingerprint density at radius 1 is 1.16 bits per heavy atom. The van der Waals surface area contributed by atoms with Crippen LogP contribution in [0.4, 0.5) is 10.2 Å². The van der Waals surface area contributed by atoms with Crippen molar-refractivity contribution in [2.24, 2.45) is 0 Å². The van der Waals surface area contributed by atoms with Gasteiger partial charge in [-0.2, -0.15) is 0 Å². The molecular weight excluding hydrogens is 319 g/mol. The van der Waals surface area contributed by atoms with Crippen LogP contribution in [-0.2, 0) is 4.79 Å². The number of hydrogen-bond donors (Lipinski definition) is 0. The molecule has 2 aromatic rings. The van der Waals surface area contributed by atoms with Crippen LogP contribution in [0.1, 0.15) is 27.7 Å². The van der Waals surface area contributed by atoms with Gasteiger partial charge in [0.2, 0.25) is 5.91 Å². The van der Waals surface area contributed by atoms with Gasteiger partial charge in [0, 0.05) is 18.2 Å². The van der Waals surface area contributed by atoms with Crippen LogP contribution in [-0.4, -0.2) is 45.4 Å². The Bertz CT molecular complexity index is 773. The lowest BCUT2D eigenvalue weighted by atomic mass is 9.96. The third kappa shape index (κ3) is 3.48. The first kappa shape index (κ1) is 17.3. The molecule has 5 nitrogen and oxygen atoms in total. The zero-order chi connectivity index (χ0) is 18.2. The van der Waals surface area contributed by atoms with Crippen LogP contribution in [0.2, 0.25) is 0 Å². The highest BCUT2D eigenvalue weighted by atomic mass is 19.1. The second-order valence-corrected chi connectivity index (χ2v) is 7.30. The molecule has 0 bridgehead atoms. The van der Waals surface area contributed by atoms with Gasteiger partial charge in [-0.05, 0) is 52.0 Å². The number of piperazine rings is 1. The summed E-state index contributed by atoms with van der Waals surface area (Å²) in [6.45, 7) is 9.15. The fourth-order valence-electron chi connectivity index (χ4n) is 3.59. The molecule has 0 radical (unpaired) electrons. The Morgan fingerprint density at radius 3 is 2.44 bits per heavy atom. The highest BCUT2D eigenvalue weighted by molar-refractivity contribution is 5.84. The summed E-state index contributed by atoms with van der Waals surface area (Å²) in [5.74, 6) is 0.455. The fraction of sp³-hybridized carbons (Fsp3) is 0.421. The number of anilines is 1. The zero-order valence-electron chi connectivity index (χ0n) is 15.0. The lowest BCUT2D eigenvalue weighted by Crippen LogP contribution is -2.64. The Morgan fingerprint density at radius 2 is 1.84 bits per heavy atom. The van der Waals surface area contributed by atoms with Gasteiger partial charge < -0.3 is 9.80 Å². The third-order valence-corrected chi connectivity index (χ3v) is 4.43. The molecule has 0 spiro atoms. The van der Waals surface area contributed by atoms with Gasteiger partial charge in [-0.15, -0.1) is 0 Å². The van der Waals surface area contributed by atoms with Gasteiger partial charge in [0.25, 0.3) is 0 Å². The molecule has 0 atom stereocenters. The minimum atomic E-state index is -0.295. The predicted octanol–water partition coefficient (Wildman–Crippen LogP) is 3.12. The number of carbonyl (C=O) groups is 1. The second-order valence-electron chi connectivity index (χ2n) is 7.30. The van der Waals surface area contributed by atoms with Crippen molar-refractivity contribution < 1.29 is 9.18 Å². The van der Waals surface area contributed by atoms with Crippen LogP contribution in [0.3, 0.4) is 0 Å². The second kappa shape index (κ2) is 6.43. The Labute approximate surface area is 147 Å². The molecule has 0 aliphatic carbocycles. The van der Waals surface area contributed by atoms with E-state index in [1.807, 2.05) is 23.6 Å². The quantitative estimate of drug-likeness (QED) is 0.860. The lowest BCUT2D eigenvalue weighted by Gasteiger charge is -2.49. The smallest absolute Gasteiger partial charge is 0.242 e. The van der Waals surface area contributed by atoms with Gasteiger partial charge >= 0.3 is 0 Å². The Balaban J connectivity index is 1.89. The average Bonchev–Trinajstić information content (AvgIpc) is 2.53. The van der Waals surface area contributed by atoms with Gasteiger partial charge in [-0.3, -0.25) is 9.78 Å². The molecule has 25 heavy (non-hydrogen) atoms. The first-order valence-electron chi connectivity index (χ1n) is 8.43. The van der Waals surface area contributed by atoms with Crippen molar-refractivity contribution >= 4 is 11.7 Å². The van der Waals surface area contributed by atoms with E-state index in [2.05, 4.69) is 23.8 Å². The molecule has 6 heteroatoms. The van der Waals surface area contributed by atoms with Crippen molar-refractivity contribution in [3.8, 4) is 11.3 Å². The van der Waals surface area contributed by atoms with Gasteiger partial charge in [-0.25, -0.2) is 9.37 Å². The number of hydrogen-bond acceptors (Lipinski definition) is 4. The van der Waals surface area contributed by atoms with Gasteiger partial charge in [0.15, 0.2) is 0 Å². The van der Waals surface area contributed by atoms with E-state index in [4.69, 9.17) is 0 Å². The Kier molecular flexibility index (Phi) is 4.45. The fourth-order valence-corrected chi connectivity index (χ4v) is 3.59. The van der Waals surface area contributed by atoms with Crippen molar-refractivity contribution in [1.29, 1.82) is 0 Å². The third-order valence-electron chi connectivity index (χ3n) is 4.43.